The van der Waals surface area contributed by atoms with Crippen LogP contribution in [0.4, 0.5) is 0 Å². The topological polar surface area (TPSA) is 81.1 Å². The molecule has 2 atom stereocenters. The number of nitrogens with zero attached hydrogens (tertiary/aromatic N) is 2. The molecule has 1 amide bonds. The van der Waals surface area contributed by atoms with Crippen molar-refractivity contribution in [2.45, 2.75) is 26.0 Å². The summed E-state index contributed by atoms with van der Waals surface area (Å²) in [7, 11) is 0. The van der Waals surface area contributed by atoms with Gasteiger partial charge in [0.15, 0.2) is 0 Å². The highest BCUT2D eigenvalue weighted by Crippen LogP contribution is 2.44. The molecule has 0 fully saturated rings. The normalized spacial score (nSPS) is 18.4. The molecular weight excluding hydrogens is 254 g/mol. The lowest BCUT2D eigenvalue weighted by Gasteiger charge is -2.32. The van der Waals surface area contributed by atoms with E-state index in [4.69, 9.17) is 5.73 Å². The molecule has 1 aromatic heterocycles. The Kier molecular flexibility index (Phi) is 2.69. The largest absolute Gasteiger partial charge is 0.389 e. The number of nitrogens with two attached hydrogens (primary N) is 1. The van der Waals surface area contributed by atoms with Crippen LogP contribution in [0, 0.1) is 5.41 Å². The van der Waals surface area contributed by atoms with Crippen LogP contribution in [0.3, 0.4) is 0 Å². The van der Waals surface area contributed by atoms with Crippen LogP contribution in [-0.2, 0) is 4.79 Å². The second kappa shape index (κ2) is 4.18. The summed E-state index contributed by atoms with van der Waals surface area (Å²) in [5, 5.41) is 10.7. The van der Waals surface area contributed by atoms with Crippen molar-refractivity contribution in [1.82, 2.24) is 9.55 Å². The molecule has 1 aromatic carbocycles. The van der Waals surface area contributed by atoms with Crippen molar-refractivity contribution in [3.8, 4) is 11.3 Å². The molecule has 104 valence electrons. The number of hydrogen-bond acceptors (Lipinski definition) is 3. The number of aromatic nitrogens is 2. The van der Waals surface area contributed by atoms with E-state index in [-0.39, 0.29) is 6.04 Å². The summed E-state index contributed by atoms with van der Waals surface area (Å²) in [4.78, 5) is 15.8. The van der Waals surface area contributed by atoms with Gasteiger partial charge < -0.3 is 15.4 Å². The first-order valence-electron chi connectivity index (χ1n) is 6.53. The zero-order valence-electron chi connectivity index (χ0n) is 11.4. The number of hydrogen-bond donors (Lipinski definition) is 2. The Morgan fingerprint density at radius 1 is 1.45 bits per heavy atom. The number of imidazole rings is 1. The predicted molar refractivity (Wildman–Crippen MR) is 74.8 cm³/mol. The first kappa shape index (κ1) is 12.9. The van der Waals surface area contributed by atoms with Crippen molar-refractivity contribution in [3.05, 3.63) is 42.4 Å². The number of carbonyl (C=O) groups excluding carboxylic acids is 1. The van der Waals surface area contributed by atoms with E-state index in [1.165, 1.54) is 0 Å². The number of benzene rings is 1. The molecular formula is C15H17N3O2. The van der Waals surface area contributed by atoms with Crippen molar-refractivity contribution in [3.63, 3.8) is 0 Å². The van der Waals surface area contributed by atoms with Gasteiger partial charge in [0.1, 0.15) is 0 Å². The molecule has 0 saturated carbocycles. The maximum atomic E-state index is 11.6. The first-order valence-corrected chi connectivity index (χ1v) is 6.53. The lowest BCUT2D eigenvalue weighted by atomic mass is 9.80. The van der Waals surface area contributed by atoms with Gasteiger partial charge in [-0.3, -0.25) is 4.79 Å². The fourth-order valence-corrected chi connectivity index (χ4v) is 2.74. The van der Waals surface area contributed by atoms with Crippen LogP contribution in [0.15, 0.2) is 36.8 Å². The van der Waals surface area contributed by atoms with E-state index in [0.29, 0.717) is 0 Å². The lowest BCUT2D eigenvalue weighted by Crippen LogP contribution is -2.45. The van der Waals surface area contributed by atoms with Gasteiger partial charge in [-0.15, -0.1) is 0 Å². The Labute approximate surface area is 117 Å². The van der Waals surface area contributed by atoms with E-state index in [2.05, 4.69) is 4.98 Å². The van der Waals surface area contributed by atoms with Crippen LogP contribution >= 0.6 is 0 Å². The van der Waals surface area contributed by atoms with Gasteiger partial charge in [-0.2, -0.15) is 0 Å². The number of rotatable bonds is 3. The highest BCUT2D eigenvalue weighted by atomic mass is 16.3. The van der Waals surface area contributed by atoms with Gasteiger partial charge in [-0.25, -0.2) is 4.98 Å². The van der Waals surface area contributed by atoms with Crippen molar-refractivity contribution in [1.29, 1.82) is 0 Å². The first-order chi connectivity index (χ1) is 9.44. The minimum absolute atomic E-state index is 0.341. The SMILES string of the molecule is CC(C)(C(N)=O)[C@H](O)[C@@H]1c2ccccc2-c2cncn21. The van der Waals surface area contributed by atoms with E-state index in [0.717, 1.165) is 16.8 Å². The zero-order chi connectivity index (χ0) is 14.5. The smallest absolute Gasteiger partial charge is 0.225 e. The zero-order valence-corrected chi connectivity index (χ0v) is 11.4. The van der Waals surface area contributed by atoms with Crippen LogP contribution in [0.1, 0.15) is 25.5 Å². The van der Waals surface area contributed by atoms with E-state index in [1.807, 2.05) is 28.8 Å². The van der Waals surface area contributed by atoms with Crippen molar-refractivity contribution >= 4 is 5.91 Å². The average Bonchev–Trinajstić information content (AvgIpc) is 2.97. The quantitative estimate of drug-likeness (QED) is 0.883. The summed E-state index contributed by atoms with van der Waals surface area (Å²) in [5.41, 5.74) is 7.38. The minimum atomic E-state index is -1.02. The molecule has 2 heterocycles. The summed E-state index contributed by atoms with van der Waals surface area (Å²) in [6.07, 6.45) is 2.53. The second-order valence-corrected chi connectivity index (χ2v) is 5.75. The molecule has 1 aliphatic rings. The number of fused-ring (bicyclic) bond motifs is 3. The number of aliphatic hydroxyl groups is 1. The Morgan fingerprint density at radius 3 is 2.85 bits per heavy atom. The Morgan fingerprint density at radius 2 is 2.15 bits per heavy atom. The van der Waals surface area contributed by atoms with Gasteiger partial charge in [0.2, 0.25) is 5.91 Å². The van der Waals surface area contributed by atoms with Gasteiger partial charge in [-0.05, 0) is 19.4 Å². The summed E-state index contributed by atoms with van der Waals surface area (Å²) >= 11 is 0. The minimum Gasteiger partial charge on any atom is -0.389 e. The molecule has 1 aliphatic heterocycles. The third-order valence-electron chi connectivity index (χ3n) is 4.19. The van der Waals surface area contributed by atoms with E-state index in [9.17, 15) is 9.90 Å². The van der Waals surface area contributed by atoms with Crippen molar-refractivity contribution < 1.29 is 9.90 Å². The van der Waals surface area contributed by atoms with Crippen molar-refractivity contribution in [2.75, 3.05) is 0 Å². The molecule has 0 saturated heterocycles. The van der Waals surface area contributed by atoms with Gasteiger partial charge >= 0.3 is 0 Å². The molecule has 3 rings (SSSR count). The molecule has 2 aromatic rings. The average molecular weight is 271 g/mol. The van der Waals surface area contributed by atoms with E-state index < -0.39 is 17.4 Å². The van der Waals surface area contributed by atoms with E-state index in [1.54, 1.807) is 26.4 Å². The predicted octanol–water partition coefficient (Wildman–Crippen LogP) is 1.33. The molecule has 0 aliphatic carbocycles. The Bertz CT molecular complexity index is 675. The summed E-state index contributed by atoms with van der Waals surface area (Å²) in [6.45, 7) is 3.33. The maximum absolute atomic E-state index is 11.6. The molecule has 5 nitrogen and oxygen atoms in total. The monoisotopic (exact) mass is 271 g/mol. The van der Waals surface area contributed by atoms with Crippen LogP contribution in [0.25, 0.3) is 11.3 Å². The molecule has 0 unspecified atom stereocenters. The molecule has 0 radical (unpaired) electrons. The third-order valence-corrected chi connectivity index (χ3v) is 4.19. The standard InChI is InChI=1S/C15H17N3O2/c1-15(2,14(16)20)13(19)12-10-6-4-3-5-9(10)11-7-17-8-18(11)12/h3-8,12-13,19H,1-2H3,(H2,16,20)/t12-,13+/m0/s1. The van der Waals surface area contributed by atoms with Gasteiger partial charge in [0, 0.05) is 5.56 Å². The van der Waals surface area contributed by atoms with Gasteiger partial charge in [0.25, 0.3) is 0 Å². The van der Waals surface area contributed by atoms with Gasteiger partial charge in [0.05, 0.1) is 35.8 Å². The fraction of sp³-hybridized carbons (Fsp3) is 0.333. The summed E-state index contributed by atoms with van der Waals surface area (Å²) < 4.78 is 1.90. The Balaban J connectivity index is 2.14. The van der Waals surface area contributed by atoms with E-state index >= 15 is 0 Å². The molecule has 0 bridgehead atoms. The molecule has 0 spiro atoms. The number of carbonyl (C=O) groups is 1. The summed E-state index contributed by atoms with van der Waals surface area (Å²) in [6, 6.07) is 7.49. The number of primary amides is 1. The Hall–Kier alpha value is -2.14. The van der Waals surface area contributed by atoms with Crippen LogP contribution in [-0.4, -0.2) is 26.7 Å². The van der Waals surface area contributed by atoms with Crippen LogP contribution in [0.5, 0.6) is 0 Å². The number of amides is 1. The van der Waals surface area contributed by atoms with Crippen molar-refractivity contribution in [2.24, 2.45) is 11.1 Å². The second-order valence-electron chi connectivity index (χ2n) is 5.75. The summed E-state index contributed by atoms with van der Waals surface area (Å²) in [5.74, 6) is -0.518. The van der Waals surface area contributed by atoms with Crippen LogP contribution in [0.2, 0.25) is 0 Å². The van der Waals surface area contributed by atoms with Gasteiger partial charge in [-0.1, -0.05) is 24.3 Å². The molecule has 5 heteroatoms. The molecule has 3 N–H and O–H groups in total. The maximum Gasteiger partial charge on any atom is 0.225 e. The third kappa shape index (κ3) is 1.59. The lowest BCUT2D eigenvalue weighted by molar-refractivity contribution is -0.133. The highest BCUT2D eigenvalue weighted by molar-refractivity contribution is 5.81. The molecule has 20 heavy (non-hydrogen) atoms. The highest BCUT2D eigenvalue weighted by Gasteiger charge is 2.44. The number of aliphatic hydroxyl groups excluding tert-OH is 1. The van der Waals surface area contributed by atoms with Crippen LogP contribution < -0.4 is 5.73 Å². The fourth-order valence-electron chi connectivity index (χ4n) is 2.74.